The molecule has 1 aromatic rings. The van der Waals surface area contributed by atoms with Crippen molar-refractivity contribution in [2.24, 2.45) is 5.92 Å². The number of carbonyl (C=O) groups excluding carboxylic acids is 1. The first-order valence-electron chi connectivity index (χ1n) is 4.95. The number of hydrogen-bond acceptors (Lipinski definition) is 3. The number of carbonyl (C=O) groups is 1. The molecule has 76 valence electrons. The number of aromatic nitrogens is 2. The van der Waals surface area contributed by atoms with Crippen LogP contribution in [0.5, 0.6) is 0 Å². The van der Waals surface area contributed by atoms with Crippen molar-refractivity contribution in [3.05, 3.63) is 18.7 Å². The molecule has 14 heavy (non-hydrogen) atoms. The Labute approximate surface area is 82.9 Å². The largest absolute Gasteiger partial charge is 0.381 e. The third-order valence-electron chi connectivity index (χ3n) is 2.60. The van der Waals surface area contributed by atoms with Crippen LogP contribution in [0.25, 0.3) is 0 Å². The summed E-state index contributed by atoms with van der Waals surface area (Å²) in [6.07, 6.45) is 7.49. The monoisotopic (exact) mass is 194 g/mol. The Morgan fingerprint density at radius 1 is 1.50 bits per heavy atom. The van der Waals surface area contributed by atoms with Gasteiger partial charge in [0.05, 0.1) is 0 Å². The summed E-state index contributed by atoms with van der Waals surface area (Å²) >= 11 is 0. The average Bonchev–Trinajstić information content (AvgIpc) is 2.72. The summed E-state index contributed by atoms with van der Waals surface area (Å²) in [5.74, 6) is 0.619. The van der Waals surface area contributed by atoms with Crippen LogP contribution in [0.3, 0.4) is 0 Å². The molecule has 0 radical (unpaired) electrons. The van der Waals surface area contributed by atoms with Crippen LogP contribution in [-0.2, 0) is 4.74 Å². The van der Waals surface area contributed by atoms with E-state index in [9.17, 15) is 4.79 Å². The molecule has 1 saturated heterocycles. The SMILES string of the molecule is O=C(CC1CCOCC1)n1ccnc1. The lowest BCUT2D eigenvalue weighted by Crippen LogP contribution is -2.21. The molecule has 0 N–H and O–H groups in total. The van der Waals surface area contributed by atoms with E-state index >= 15 is 0 Å². The van der Waals surface area contributed by atoms with Gasteiger partial charge in [0.25, 0.3) is 0 Å². The van der Waals surface area contributed by atoms with E-state index in [2.05, 4.69) is 4.98 Å². The van der Waals surface area contributed by atoms with E-state index in [1.165, 1.54) is 0 Å². The van der Waals surface area contributed by atoms with Gasteiger partial charge in [0.15, 0.2) is 0 Å². The molecule has 4 nitrogen and oxygen atoms in total. The van der Waals surface area contributed by atoms with Gasteiger partial charge in [0.2, 0.25) is 5.91 Å². The minimum absolute atomic E-state index is 0.134. The summed E-state index contributed by atoms with van der Waals surface area (Å²) in [5, 5.41) is 0. The van der Waals surface area contributed by atoms with Crippen LogP contribution >= 0.6 is 0 Å². The lowest BCUT2D eigenvalue weighted by molar-refractivity contribution is 0.0573. The number of hydrogen-bond donors (Lipinski definition) is 0. The molecule has 0 aromatic carbocycles. The fourth-order valence-corrected chi connectivity index (χ4v) is 1.71. The van der Waals surface area contributed by atoms with Crippen molar-refractivity contribution >= 4 is 5.91 Å². The van der Waals surface area contributed by atoms with Crippen LogP contribution in [0.2, 0.25) is 0 Å². The normalized spacial score (nSPS) is 18.3. The van der Waals surface area contributed by atoms with E-state index in [-0.39, 0.29) is 5.91 Å². The average molecular weight is 194 g/mol. The predicted molar refractivity (Wildman–Crippen MR) is 51.0 cm³/mol. The summed E-state index contributed by atoms with van der Waals surface area (Å²) in [7, 11) is 0. The molecule has 0 saturated carbocycles. The molecule has 4 heteroatoms. The van der Waals surface area contributed by atoms with Gasteiger partial charge in [-0.1, -0.05) is 0 Å². The quantitative estimate of drug-likeness (QED) is 0.713. The maximum absolute atomic E-state index is 11.7. The molecule has 0 amide bonds. The van der Waals surface area contributed by atoms with Crippen molar-refractivity contribution in [1.29, 1.82) is 0 Å². The lowest BCUT2D eigenvalue weighted by atomic mass is 9.96. The van der Waals surface area contributed by atoms with Gasteiger partial charge >= 0.3 is 0 Å². The first-order chi connectivity index (χ1) is 6.86. The second-order valence-electron chi connectivity index (χ2n) is 3.62. The van der Waals surface area contributed by atoms with Crippen LogP contribution in [0.15, 0.2) is 18.7 Å². The third-order valence-corrected chi connectivity index (χ3v) is 2.60. The third kappa shape index (κ3) is 2.20. The van der Waals surface area contributed by atoms with Gasteiger partial charge in [-0.15, -0.1) is 0 Å². The molecular formula is C10H14N2O2. The highest BCUT2D eigenvalue weighted by Crippen LogP contribution is 2.18. The lowest BCUT2D eigenvalue weighted by Gasteiger charge is -2.20. The molecular weight excluding hydrogens is 180 g/mol. The van der Waals surface area contributed by atoms with Crippen LogP contribution in [0.4, 0.5) is 0 Å². The molecule has 0 bridgehead atoms. The summed E-state index contributed by atoms with van der Waals surface area (Å²) in [6, 6.07) is 0. The molecule has 2 heterocycles. The maximum atomic E-state index is 11.7. The van der Waals surface area contributed by atoms with Crippen molar-refractivity contribution in [2.75, 3.05) is 13.2 Å². The molecule has 0 atom stereocenters. The summed E-state index contributed by atoms with van der Waals surface area (Å²) in [6.45, 7) is 1.59. The fraction of sp³-hybridized carbons (Fsp3) is 0.600. The van der Waals surface area contributed by atoms with Crippen molar-refractivity contribution < 1.29 is 9.53 Å². The second-order valence-corrected chi connectivity index (χ2v) is 3.62. The van der Waals surface area contributed by atoms with Gasteiger partial charge < -0.3 is 4.74 Å². The highest BCUT2D eigenvalue weighted by atomic mass is 16.5. The van der Waals surface area contributed by atoms with Crippen molar-refractivity contribution in [3.8, 4) is 0 Å². The Hall–Kier alpha value is -1.16. The highest BCUT2D eigenvalue weighted by Gasteiger charge is 2.17. The molecule has 0 spiro atoms. The Kier molecular flexibility index (Phi) is 2.93. The topological polar surface area (TPSA) is 44.1 Å². The minimum atomic E-state index is 0.134. The number of rotatable bonds is 2. The molecule has 0 unspecified atom stereocenters. The van der Waals surface area contributed by atoms with E-state index < -0.39 is 0 Å². The van der Waals surface area contributed by atoms with Crippen LogP contribution < -0.4 is 0 Å². The van der Waals surface area contributed by atoms with Crippen molar-refractivity contribution in [1.82, 2.24) is 9.55 Å². The van der Waals surface area contributed by atoms with Gasteiger partial charge in [0, 0.05) is 32.0 Å². The smallest absolute Gasteiger partial charge is 0.232 e. The Morgan fingerprint density at radius 3 is 2.93 bits per heavy atom. The van der Waals surface area contributed by atoms with E-state index in [0.717, 1.165) is 26.1 Å². The van der Waals surface area contributed by atoms with E-state index in [1.54, 1.807) is 23.3 Å². The zero-order valence-electron chi connectivity index (χ0n) is 8.06. The van der Waals surface area contributed by atoms with Gasteiger partial charge in [-0.3, -0.25) is 9.36 Å². The summed E-state index contributed by atoms with van der Waals surface area (Å²) in [5.41, 5.74) is 0. The summed E-state index contributed by atoms with van der Waals surface area (Å²) < 4.78 is 6.79. The highest BCUT2D eigenvalue weighted by molar-refractivity contribution is 5.78. The zero-order chi connectivity index (χ0) is 9.80. The Morgan fingerprint density at radius 2 is 2.29 bits per heavy atom. The first-order valence-corrected chi connectivity index (χ1v) is 4.95. The van der Waals surface area contributed by atoms with Crippen LogP contribution in [0, 0.1) is 5.92 Å². The van der Waals surface area contributed by atoms with Gasteiger partial charge in [-0.25, -0.2) is 4.98 Å². The van der Waals surface area contributed by atoms with Crippen molar-refractivity contribution in [2.45, 2.75) is 19.3 Å². The molecule has 0 aliphatic carbocycles. The molecule has 1 fully saturated rings. The molecule has 1 aromatic heterocycles. The van der Waals surface area contributed by atoms with Gasteiger partial charge in [0.1, 0.15) is 6.33 Å². The first kappa shape index (κ1) is 9.40. The van der Waals surface area contributed by atoms with E-state index in [1.807, 2.05) is 0 Å². The standard InChI is InChI=1S/C10H14N2O2/c13-10(12-4-3-11-8-12)7-9-1-5-14-6-2-9/h3-4,8-9H,1-2,5-7H2. The minimum Gasteiger partial charge on any atom is -0.381 e. The number of nitrogens with zero attached hydrogens (tertiary/aromatic N) is 2. The van der Waals surface area contributed by atoms with Gasteiger partial charge in [-0.05, 0) is 18.8 Å². The Bertz CT molecular complexity index is 289. The fourth-order valence-electron chi connectivity index (χ4n) is 1.71. The second kappa shape index (κ2) is 4.37. The molecule has 1 aliphatic rings. The Balaban J connectivity index is 1.87. The number of ether oxygens (including phenoxy) is 1. The van der Waals surface area contributed by atoms with Crippen LogP contribution in [0.1, 0.15) is 24.1 Å². The number of imidazole rings is 1. The molecule has 1 aliphatic heterocycles. The zero-order valence-corrected chi connectivity index (χ0v) is 8.06. The van der Waals surface area contributed by atoms with Crippen molar-refractivity contribution in [3.63, 3.8) is 0 Å². The molecule has 2 rings (SSSR count). The summed E-state index contributed by atoms with van der Waals surface area (Å²) in [4.78, 5) is 15.5. The van der Waals surface area contributed by atoms with Crippen LogP contribution in [-0.4, -0.2) is 28.7 Å². The maximum Gasteiger partial charge on any atom is 0.232 e. The van der Waals surface area contributed by atoms with Gasteiger partial charge in [-0.2, -0.15) is 0 Å². The van der Waals surface area contributed by atoms with E-state index in [0.29, 0.717) is 12.3 Å². The predicted octanol–water partition coefficient (Wildman–Crippen LogP) is 1.34. The van der Waals surface area contributed by atoms with E-state index in [4.69, 9.17) is 4.74 Å².